The Morgan fingerprint density at radius 2 is 1.59 bits per heavy atom. The Labute approximate surface area is 134 Å². The van der Waals surface area contributed by atoms with Gasteiger partial charge in [-0.25, -0.2) is 0 Å². The van der Waals surface area contributed by atoms with Crippen molar-refractivity contribution >= 4 is 17.6 Å². The van der Waals surface area contributed by atoms with Crippen LogP contribution in [0, 0.1) is 0 Å². The summed E-state index contributed by atoms with van der Waals surface area (Å²) in [6.45, 7) is 0.225. The fraction of sp³-hybridized carbons (Fsp3) is 0.235. The van der Waals surface area contributed by atoms with Crippen molar-refractivity contribution in [1.29, 1.82) is 0 Å². The average Bonchev–Trinajstić information content (AvgIpc) is 2.54. The number of esters is 1. The first-order valence-corrected chi connectivity index (χ1v) is 7.11. The molecule has 4 nitrogen and oxygen atoms in total. The molecule has 0 fully saturated rings. The van der Waals surface area contributed by atoms with Gasteiger partial charge in [0.1, 0.15) is 6.61 Å². The zero-order chi connectivity index (χ0) is 15.9. The van der Waals surface area contributed by atoms with Gasteiger partial charge in [-0.3, -0.25) is 4.79 Å². The van der Waals surface area contributed by atoms with Gasteiger partial charge in [0.25, 0.3) is 0 Å². The van der Waals surface area contributed by atoms with Crippen LogP contribution in [0.25, 0.3) is 0 Å². The molecule has 116 valence electrons. The van der Waals surface area contributed by atoms with E-state index < -0.39 is 0 Å². The molecule has 2 aromatic rings. The topological polar surface area (TPSA) is 44.8 Å². The summed E-state index contributed by atoms with van der Waals surface area (Å²) in [5, 5.41) is 0.653. The second kappa shape index (κ2) is 7.71. The molecule has 0 bridgehead atoms. The molecule has 0 saturated heterocycles. The Morgan fingerprint density at radius 1 is 0.955 bits per heavy atom. The van der Waals surface area contributed by atoms with E-state index in [0.29, 0.717) is 16.5 Å². The van der Waals surface area contributed by atoms with Crippen LogP contribution in [0.1, 0.15) is 11.1 Å². The zero-order valence-electron chi connectivity index (χ0n) is 12.5. The molecule has 0 aliphatic heterocycles. The summed E-state index contributed by atoms with van der Waals surface area (Å²) >= 11 is 5.81. The van der Waals surface area contributed by atoms with E-state index in [1.165, 1.54) is 0 Å². The summed E-state index contributed by atoms with van der Waals surface area (Å²) in [5.41, 5.74) is 1.70. The highest BCUT2D eigenvalue weighted by Crippen LogP contribution is 2.27. The zero-order valence-corrected chi connectivity index (χ0v) is 13.2. The lowest BCUT2D eigenvalue weighted by Crippen LogP contribution is -2.08. The molecule has 5 heteroatoms. The number of rotatable bonds is 6. The van der Waals surface area contributed by atoms with E-state index in [9.17, 15) is 4.79 Å². The van der Waals surface area contributed by atoms with Crippen LogP contribution in [0.3, 0.4) is 0 Å². The number of ether oxygens (including phenoxy) is 3. The van der Waals surface area contributed by atoms with E-state index in [4.69, 9.17) is 25.8 Å². The molecule has 0 amide bonds. The largest absolute Gasteiger partial charge is 0.493 e. The van der Waals surface area contributed by atoms with Gasteiger partial charge in [0.15, 0.2) is 11.5 Å². The maximum atomic E-state index is 11.9. The van der Waals surface area contributed by atoms with Gasteiger partial charge >= 0.3 is 5.97 Å². The van der Waals surface area contributed by atoms with Crippen LogP contribution >= 0.6 is 11.6 Å². The van der Waals surface area contributed by atoms with E-state index in [1.807, 2.05) is 18.2 Å². The molecule has 0 aliphatic carbocycles. The van der Waals surface area contributed by atoms with Crippen molar-refractivity contribution in [3.8, 4) is 11.5 Å². The Kier molecular flexibility index (Phi) is 5.67. The van der Waals surface area contributed by atoms with Crippen LogP contribution in [0.5, 0.6) is 11.5 Å². The normalized spacial score (nSPS) is 10.1. The minimum atomic E-state index is -0.304. The molecule has 2 aromatic carbocycles. The fourth-order valence-electron chi connectivity index (χ4n) is 1.95. The summed E-state index contributed by atoms with van der Waals surface area (Å²) in [5.74, 6) is 0.911. The number of carbonyl (C=O) groups excluding carboxylic acids is 1. The number of benzene rings is 2. The number of carbonyl (C=O) groups is 1. The van der Waals surface area contributed by atoms with Crippen LogP contribution in [-0.2, 0) is 22.6 Å². The van der Waals surface area contributed by atoms with E-state index in [2.05, 4.69) is 0 Å². The lowest BCUT2D eigenvalue weighted by Gasteiger charge is -2.09. The predicted molar refractivity (Wildman–Crippen MR) is 84.5 cm³/mol. The average molecular weight is 321 g/mol. The highest BCUT2D eigenvalue weighted by molar-refractivity contribution is 6.30. The lowest BCUT2D eigenvalue weighted by molar-refractivity contribution is -0.144. The molecule has 0 saturated carbocycles. The molecule has 0 aliphatic rings. The van der Waals surface area contributed by atoms with Gasteiger partial charge in [0.05, 0.1) is 20.6 Å². The quantitative estimate of drug-likeness (QED) is 0.762. The Bertz CT molecular complexity index is 638. The predicted octanol–water partition coefficient (Wildman–Crippen LogP) is 3.64. The van der Waals surface area contributed by atoms with Crippen molar-refractivity contribution < 1.29 is 19.0 Å². The summed E-state index contributed by atoms with van der Waals surface area (Å²) in [6.07, 6.45) is 0.175. The van der Waals surface area contributed by atoms with Crippen molar-refractivity contribution in [3.63, 3.8) is 0 Å². The van der Waals surface area contributed by atoms with E-state index in [0.717, 1.165) is 11.1 Å². The maximum Gasteiger partial charge on any atom is 0.310 e. The van der Waals surface area contributed by atoms with Crippen LogP contribution < -0.4 is 9.47 Å². The molecule has 0 N–H and O–H groups in total. The SMILES string of the molecule is COc1ccc(CC(=O)OCc2ccc(Cl)cc2)cc1OC. The number of halogens is 1. The van der Waals surface area contributed by atoms with Crippen molar-refractivity contribution in [1.82, 2.24) is 0 Å². The van der Waals surface area contributed by atoms with Crippen LogP contribution in [0.15, 0.2) is 42.5 Å². The highest BCUT2D eigenvalue weighted by atomic mass is 35.5. The third-order valence-electron chi connectivity index (χ3n) is 3.11. The van der Waals surface area contributed by atoms with E-state index in [1.54, 1.807) is 38.5 Å². The van der Waals surface area contributed by atoms with Crippen LogP contribution in [-0.4, -0.2) is 20.2 Å². The third-order valence-corrected chi connectivity index (χ3v) is 3.36. The molecular formula is C17H17ClO4. The Morgan fingerprint density at radius 3 is 2.23 bits per heavy atom. The van der Waals surface area contributed by atoms with Crippen molar-refractivity contribution in [2.24, 2.45) is 0 Å². The smallest absolute Gasteiger partial charge is 0.310 e. The van der Waals surface area contributed by atoms with Gasteiger partial charge in [0.2, 0.25) is 0 Å². The first-order chi connectivity index (χ1) is 10.6. The molecule has 0 unspecified atom stereocenters. The molecule has 0 spiro atoms. The maximum absolute atomic E-state index is 11.9. The lowest BCUT2D eigenvalue weighted by atomic mass is 10.1. The van der Waals surface area contributed by atoms with Crippen LogP contribution in [0.2, 0.25) is 5.02 Å². The van der Waals surface area contributed by atoms with Gasteiger partial charge in [-0.05, 0) is 35.4 Å². The van der Waals surface area contributed by atoms with Gasteiger partial charge in [-0.15, -0.1) is 0 Å². The molecular weight excluding hydrogens is 304 g/mol. The molecule has 0 radical (unpaired) electrons. The Hall–Kier alpha value is -2.20. The monoisotopic (exact) mass is 320 g/mol. The van der Waals surface area contributed by atoms with Gasteiger partial charge in [-0.1, -0.05) is 29.8 Å². The third kappa shape index (κ3) is 4.40. The van der Waals surface area contributed by atoms with E-state index >= 15 is 0 Å². The first kappa shape index (κ1) is 16.2. The second-order valence-electron chi connectivity index (χ2n) is 4.65. The second-order valence-corrected chi connectivity index (χ2v) is 5.09. The highest BCUT2D eigenvalue weighted by Gasteiger charge is 2.09. The number of hydrogen-bond donors (Lipinski definition) is 0. The van der Waals surface area contributed by atoms with Crippen LogP contribution in [0.4, 0.5) is 0 Å². The van der Waals surface area contributed by atoms with Crippen molar-refractivity contribution in [2.45, 2.75) is 13.0 Å². The molecule has 0 aromatic heterocycles. The Balaban J connectivity index is 1.93. The summed E-state index contributed by atoms with van der Waals surface area (Å²) in [4.78, 5) is 11.9. The molecule has 22 heavy (non-hydrogen) atoms. The minimum absolute atomic E-state index is 0.175. The molecule has 0 atom stereocenters. The van der Waals surface area contributed by atoms with Crippen molar-refractivity contribution in [2.75, 3.05) is 14.2 Å². The summed E-state index contributed by atoms with van der Waals surface area (Å²) < 4.78 is 15.6. The van der Waals surface area contributed by atoms with E-state index in [-0.39, 0.29) is 19.0 Å². The summed E-state index contributed by atoms with van der Waals surface area (Å²) in [7, 11) is 3.12. The number of hydrogen-bond acceptors (Lipinski definition) is 4. The van der Waals surface area contributed by atoms with Crippen molar-refractivity contribution in [3.05, 3.63) is 58.6 Å². The molecule has 0 heterocycles. The van der Waals surface area contributed by atoms with Gasteiger partial charge < -0.3 is 14.2 Å². The minimum Gasteiger partial charge on any atom is -0.493 e. The number of methoxy groups -OCH3 is 2. The van der Waals surface area contributed by atoms with Gasteiger partial charge in [-0.2, -0.15) is 0 Å². The first-order valence-electron chi connectivity index (χ1n) is 6.73. The summed E-state index contributed by atoms with van der Waals surface area (Å²) in [6, 6.07) is 12.5. The van der Waals surface area contributed by atoms with Gasteiger partial charge in [0, 0.05) is 5.02 Å². The molecule has 2 rings (SSSR count). The standard InChI is InChI=1S/C17H17ClO4/c1-20-15-8-5-13(9-16(15)21-2)10-17(19)22-11-12-3-6-14(18)7-4-12/h3-9H,10-11H2,1-2H3. The fourth-order valence-corrected chi connectivity index (χ4v) is 2.08.